The number of nitrogens with one attached hydrogen (secondary N) is 1. The molecule has 1 heterocycles. The molecule has 116 valence electrons. The predicted molar refractivity (Wildman–Crippen MR) is 84.5 cm³/mol. The van der Waals surface area contributed by atoms with E-state index in [4.69, 9.17) is 5.11 Å². The highest BCUT2D eigenvalue weighted by atomic mass is 79.9. The fourth-order valence-electron chi connectivity index (χ4n) is 2.03. The lowest BCUT2D eigenvalue weighted by atomic mass is 10.2. The third-order valence-electron chi connectivity index (χ3n) is 3.07. The Labute approximate surface area is 136 Å². The maximum Gasteiger partial charge on any atom is 0.305 e. The van der Waals surface area contributed by atoms with Gasteiger partial charge in [-0.05, 0) is 30.7 Å². The SMILES string of the molecule is Cc1cc(C(=O)N(CCC(=O)O)Cc2cccc(Br)c2)n[nH]1. The number of carboxylic acid groups (broad SMARTS) is 1. The van der Waals surface area contributed by atoms with Crippen molar-refractivity contribution in [2.24, 2.45) is 0 Å². The van der Waals surface area contributed by atoms with E-state index in [-0.39, 0.29) is 24.6 Å². The number of aromatic nitrogens is 2. The molecule has 0 spiro atoms. The third-order valence-corrected chi connectivity index (χ3v) is 3.56. The van der Waals surface area contributed by atoms with Crippen LogP contribution in [0, 0.1) is 6.92 Å². The largest absolute Gasteiger partial charge is 0.481 e. The lowest BCUT2D eigenvalue weighted by molar-refractivity contribution is -0.137. The van der Waals surface area contributed by atoms with Crippen molar-refractivity contribution >= 4 is 27.8 Å². The summed E-state index contributed by atoms with van der Waals surface area (Å²) in [4.78, 5) is 24.8. The monoisotopic (exact) mass is 365 g/mol. The molecule has 0 fully saturated rings. The number of carboxylic acids is 1. The molecule has 0 aliphatic heterocycles. The zero-order valence-corrected chi connectivity index (χ0v) is 13.6. The first-order valence-corrected chi connectivity index (χ1v) is 7.52. The van der Waals surface area contributed by atoms with Gasteiger partial charge >= 0.3 is 5.97 Å². The van der Waals surface area contributed by atoms with Crippen LogP contribution in [0.5, 0.6) is 0 Å². The lowest BCUT2D eigenvalue weighted by Crippen LogP contribution is -2.32. The minimum atomic E-state index is -0.940. The minimum absolute atomic E-state index is 0.108. The number of hydrogen-bond acceptors (Lipinski definition) is 3. The second-order valence-corrected chi connectivity index (χ2v) is 5.85. The van der Waals surface area contributed by atoms with Crippen LogP contribution in [-0.4, -0.2) is 38.6 Å². The van der Waals surface area contributed by atoms with E-state index in [1.807, 2.05) is 24.3 Å². The molecule has 2 rings (SSSR count). The quantitative estimate of drug-likeness (QED) is 0.823. The molecule has 0 saturated carbocycles. The Hall–Kier alpha value is -2.15. The molecular formula is C15H16BrN3O3. The van der Waals surface area contributed by atoms with Crippen LogP contribution in [0.4, 0.5) is 0 Å². The summed E-state index contributed by atoms with van der Waals surface area (Å²) in [6.07, 6.45) is -0.108. The predicted octanol–water partition coefficient (Wildman–Crippen LogP) is 2.60. The molecule has 0 unspecified atom stereocenters. The van der Waals surface area contributed by atoms with Gasteiger partial charge in [0.25, 0.3) is 5.91 Å². The second-order valence-electron chi connectivity index (χ2n) is 4.94. The number of rotatable bonds is 6. The van der Waals surface area contributed by atoms with E-state index < -0.39 is 5.97 Å². The minimum Gasteiger partial charge on any atom is -0.481 e. The van der Waals surface area contributed by atoms with Gasteiger partial charge in [-0.2, -0.15) is 5.10 Å². The van der Waals surface area contributed by atoms with Gasteiger partial charge in [-0.1, -0.05) is 28.1 Å². The first-order chi connectivity index (χ1) is 10.5. The Morgan fingerprint density at radius 1 is 1.36 bits per heavy atom. The van der Waals surface area contributed by atoms with E-state index in [2.05, 4.69) is 26.1 Å². The van der Waals surface area contributed by atoms with Crippen molar-refractivity contribution in [1.29, 1.82) is 0 Å². The highest BCUT2D eigenvalue weighted by Crippen LogP contribution is 2.15. The number of H-pyrrole nitrogens is 1. The Balaban J connectivity index is 2.18. The normalized spacial score (nSPS) is 10.5. The average Bonchev–Trinajstić information content (AvgIpc) is 2.89. The van der Waals surface area contributed by atoms with Crippen molar-refractivity contribution in [3.63, 3.8) is 0 Å². The number of carbonyl (C=O) groups is 2. The maximum absolute atomic E-state index is 12.5. The van der Waals surface area contributed by atoms with Crippen LogP contribution in [0.3, 0.4) is 0 Å². The van der Waals surface area contributed by atoms with Crippen molar-refractivity contribution in [2.75, 3.05) is 6.54 Å². The van der Waals surface area contributed by atoms with E-state index in [1.54, 1.807) is 13.0 Å². The zero-order valence-electron chi connectivity index (χ0n) is 12.0. The molecule has 0 atom stereocenters. The van der Waals surface area contributed by atoms with E-state index in [0.717, 1.165) is 15.7 Å². The van der Waals surface area contributed by atoms with Crippen LogP contribution in [0.2, 0.25) is 0 Å². The van der Waals surface area contributed by atoms with Gasteiger partial charge in [-0.25, -0.2) is 0 Å². The molecule has 0 radical (unpaired) electrons. The summed E-state index contributed by atoms with van der Waals surface area (Å²) in [6.45, 7) is 2.27. The number of halogens is 1. The zero-order chi connectivity index (χ0) is 16.1. The van der Waals surface area contributed by atoms with Crippen LogP contribution in [0.15, 0.2) is 34.8 Å². The van der Waals surface area contributed by atoms with Crippen molar-refractivity contribution in [3.8, 4) is 0 Å². The Bertz CT molecular complexity index is 684. The number of hydrogen-bond donors (Lipinski definition) is 2. The summed E-state index contributed by atoms with van der Waals surface area (Å²) in [5.41, 5.74) is 1.99. The highest BCUT2D eigenvalue weighted by molar-refractivity contribution is 9.10. The van der Waals surface area contributed by atoms with Gasteiger partial charge in [-0.3, -0.25) is 14.7 Å². The number of aromatic amines is 1. The summed E-state index contributed by atoms with van der Waals surface area (Å²) in [7, 11) is 0. The van der Waals surface area contributed by atoms with Crippen LogP contribution in [0.25, 0.3) is 0 Å². The highest BCUT2D eigenvalue weighted by Gasteiger charge is 2.19. The van der Waals surface area contributed by atoms with Crippen molar-refractivity contribution in [1.82, 2.24) is 15.1 Å². The third kappa shape index (κ3) is 4.42. The summed E-state index contributed by atoms with van der Waals surface area (Å²) >= 11 is 3.38. The second kappa shape index (κ2) is 7.22. The number of aryl methyl sites for hydroxylation is 1. The van der Waals surface area contributed by atoms with Crippen LogP contribution in [-0.2, 0) is 11.3 Å². The Morgan fingerprint density at radius 3 is 2.73 bits per heavy atom. The first-order valence-electron chi connectivity index (χ1n) is 6.73. The smallest absolute Gasteiger partial charge is 0.305 e. The molecule has 2 aromatic rings. The van der Waals surface area contributed by atoms with Gasteiger partial charge in [0.1, 0.15) is 5.69 Å². The Kier molecular flexibility index (Phi) is 5.32. The average molecular weight is 366 g/mol. The fourth-order valence-corrected chi connectivity index (χ4v) is 2.47. The summed E-state index contributed by atoms with van der Waals surface area (Å²) in [6, 6.07) is 9.21. The summed E-state index contributed by atoms with van der Waals surface area (Å²) in [5.74, 6) is -1.23. The molecular weight excluding hydrogens is 350 g/mol. The molecule has 7 heteroatoms. The van der Waals surface area contributed by atoms with E-state index >= 15 is 0 Å². The summed E-state index contributed by atoms with van der Waals surface area (Å²) in [5, 5.41) is 15.5. The molecule has 0 bridgehead atoms. The standard InChI is InChI=1S/C15H16BrN3O3/c1-10-7-13(18-17-10)15(22)19(6-5-14(20)21)9-11-3-2-4-12(16)8-11/h2-4,7-8H,5-6,9H2,1H3,(H,17,18)(H,20,21). The first kappa shape index (κ1) is 16.2. The molecule has 6 nitrogen and oxygen atoms in total. The number of amides is 1. The van der Waals surface area contributed by atoms with Gasteiger partial charge in [0.2, 0.25) is 0 Å². The number of aliphatic carboxylic acids is 1. The molecule has 1 amide bonds. The van der Waals surface area contributed by atoms with Gasteiger partial charge in [0.05, 0.1) is 6.42 Å². The lowest BCUT2D eigenvalue weighted by Gasteiger charge is -2.21. The molecule has 22 heavy (non-hydrogen) atoms. The number of carbonyl (C=O) groups excluding carboxylic acids is 1. The Morgan fingerprint density at radius 2 is 2.14 bits per heavy atom. The number of benzene rings is 1. The van der Waals surface area contributed by atoms with Crippen molar-refractivity contribution < 1.29 is 14.7 Å². The van der Waals surface area contributed by atoms with Crippen LogP contribution in [0.1, 0.15) is 28.2 Å². The molecule has 0 aliphatic carbocycles. The maximum atomic E-state index is 12.5. The van der Waals surface area contributed by atoms with E-state index in [1.165, 1.54) is 4.90 Å². The molecule has 1 aromatic carbocycles. The van der Waals surface area contributed by atoms with Gasteiger partial charge in [-0.15, -0.1) is 0 Å². The molecule has 0 aliphatic rings. The van der Waals surface area contributed by atoms with Crippen LogP contribution >= 0.6 is 15.9 Å². The molecule has 2 N–H and O–H groups in total. The summed E-state index contributed by atoms with van der Waals surface area (Å²) < 4.78 is 0.909. The van der Waals surface area contributed by atoms with Crippen molar-refractivity contribution in [3.05, 3.63) is 51.8 Å². The van der Waals surface area contributed by atoms with E-state index in [0.29, 0.717) is 6.54 Å². The topological polar surface area (TPSA) is 86.3 Å². The van der Waals surface area contributed by atoms with Gasteiger partial charge < -0.3 is 10.0 Å². The van der Waals surface area contributed by atoms with Gasteiger partial charge in [0, 0.05) is 23.3 Å². The van der Waals surface area contributed by atoms with Crippen LogP contribution < -0.4 is 0 Å². The molecule has 1 aromatic heterocycles. The fraction of sp³-hybridized carbons (Fsp3) is 0.267. The molecule has 0 saturated heterocycles. The number of nitrogens with zero attached hydrogens (tertiary/aromatic N) is 2. The van der Waals surface area contributed by atoms with Gasteiger partial charge in [0.15, 0.2) is 0 Å². The van der Waals surface area contributed by atoms with Crippen molar-refractivity contribution in [2.45, 2.75) is 19.9 Å². The van der Waals surface area contributed by atoms with E-state index in [9.17, 15) is 9.59 Å².